The molecule has 1 aliphatic rings. The lowest BCUT2D eigenvalue weighted by Gasteiger charge is -2.35. The van der Waals surface area contributed by atoms with Crippen molar-refractivity contribution in [2.45, 2.75) is 44.8 Å². The minimum atomic E-state index is -0.0401. The van der Waals surface area contributed by atoms with Gasteiger partial charge in [-0.2, -0.15) is 5.10 Å². The number of amides is 1. The van der Waals surface area contributed by atoms with Gasteiger partial charge in [-0.15, -0.1) is 0 Å². The van der Waals surface area contributed by atoms with Crippen LogP contribution in [0.1, 0.15) is 36.3 Å². The number of carbonyl (C=O) groups excluding carboxylic acids is 1. The summed E-state index contributed by atoms with van der Waals surface area (Å²) >= 11 is 0. The molecule has 25 heavy (non-hydrogen) atoms. The highest BCUT2D eigenvalue weighted by atomic mass is 16.2. The molecular formula is C18H26N6O. The smallest absolute Gasteiger partial charge is 0.274 e. The minimum absolute atomic E-state index is 0.0401. The maximum Gasteiger partial charge on any atom is 0.274 e. The van der Waals surface area contributed by atoms with Gasteiger partial charge in [-0.3, -0.25) is 19.4 Å². The molecule has 134 valence electrons. The second kappa shape index (κ2) is 7.31. The normalized spacial score (nSPS) is 20.6. The van der Waals surface area contributed by atoms with Crippen molar-refractivity contribution in [1.82, 2.24) is 29.5 Å². The van der Waals surface area contributed by atoms with Crippen LogP contribution in [-0.4, -0.2) is 67.2 Å². The van der Waals surface area contributed by atoms with E-state index in [0.29, 0.717) is 17.8 Å². The molecule has 0 bridgehead atoms. The summed E-state index contributed by atoms with van der Waals surface area (Å²) in [7, 11) is 4.06. The van der Waals surface area contributed by atoms with Gasteiger partial charge in [0.1, 0.15) is 5.69 Å². The predicted octanol–water partition coefficient (Wildman–Crippen LogP) is 1.38. The van der Waals surface area contributed by atoms with E-state index in [-0.39, 0.29) is 11.9 Å². The molecule has 7 heteroatoms. The Balaban J connectivity index is 1.86. The number of nitrogens with zero attached hydrogens (tertiary/aromatic N) is 6. The van der Waals surface area contributed by atoms with Gasteiger partial charge in [-0.05, 0) is 39.3 Å². The molecule has 0 spiro atoms. The van der Waals surface area contributed by atoms with Crippen LogP contribution in [0.3, 0.4) is 0 Å². The average Bonchev–Trinajstić information content (AvgIpc) is 3.21. The number of likely N-dealkylation sites (N-methyl/N-ethyl adjacent to an activating group) is 1. The number of hydrogen-bond acceptors (Lipinski definition) is 5. The highest BCUT2D eigenvalue weighted by Gasteiger charge is 2.40. The SMILES string of the molecule is CC(C)N(C)[C@@H]1CCN(C(=O)c2cnccn2)[C@@H]1Cc1cnn(C)c1. The third-order valence-corrected chi connectivity index (χ3v) is 5.09. The van der Waals surface area contributed by atoms with Crippen molar-refractivity contribution in [1.29, 1.82) is 0 Å². The van der Waals surface area contributed by atoms with Crippen molar-refractivity contribution in [3.05, 3.63) is 42.2 Å². The summed E-state index contributed by atoms with van der Waals surface area (Å²) in [4.78, 5) is 25.5. The lowest BCUT2D eigenvalue weighted by molar-refractivity contribution is 0.0673. The summed E-state index contributed by atoms with van der Waals surface area (Å²) in [6, 6.07) is 0.847. The van der Waals surface area contributed by atoms with Gasteiger partial charge >= 0.3 is 0 Å². The Labute approximate surface area is 148 Å². The first-order valence-electron chi connectivity index (χ1n) is 8.74. The van der Waals surface area contributed by atoms with Gasteiger partial charge in [0.25, 0.3) is 5.91 Å². The van der Waals surface area contributed by atoms with Crippen LogP contribution in [-0.2, 0) is 13.5 Å². The van der Waals surface area contributed by atoms with E-state index in [9.17, 15) is 4.79 Å². The number of rotatable bonds is 5. The zero-order valence-electron chi connectivity index (χ0n) is 15.3. The molecule has 0 unspecified atom stereocenters. The second-order valence-electron chi connectivity index (χ2n) is 7.00. The molecule has 1 aliphatic heterocycles. The molecule has 3 rings (SSSR count). The second-order valence-corrected chi connectivity index (χ2v) is 7.00. The van der Waals surface area contributed by atoms with Crippen LogP contribution in [0, 0.1) is 0 Å². The Morgan fingerprint density at radius 3 is 2.76 bits per heavy atom. The molecule has 2 aromatic heterocycles. The Morgan fingerprint density at radius 2 is 2.16 bits per heavy atom. The molecule has 3 heterocycles. The summed E-state index contributed by atoms with van der Waals surface area (Å²) in [6.45, 7) is 5.12. The van der Waals surface area contributed by atoms with Crippen LogP contribution in [0.4, 0.5) is 0 Å². The third kappa shape index (κ3) is 3.71. The van der Waals surface area contributed by atoms with Crippen LogP contribution in [0.5, 0.6) is 0 Å². The first-order valence-corrected chi connectivity index (χ1v) is 8.74. The molecule has 0 radical (unpaired) electrons. The van der Waals surface area contributed by atoms with E-state index in [4.69, 9.17) is 0 Å². The summed E-state index contributed by atoms with van der Waals surface area (Å²) in [5.41, 5.74) is 1.56. The summed E-state index contributed by atoms with van der Waals surface area (Å²) < 4.78 is 1.81. The van der Waals surface area contributed by atoms with Crippen molar-refractivity contribution >= 4 is 5.91 Å². The van der Waals surface area contributed by atoms with Gasteiger partial charge in [-0.1, -0.05) is 0 Å². The molecule has 0 aromatic carbocycles. The van der Waals surface area contributed by atoms with Crippen molar-refractivity contribution in [3.8, 4) is 0 Å². The van der Waals surface area contributed by atoms with Crippen molar-refractivity contribution in [3.63, 3.8) is 0 Å². The van der Waals surface area contributed by atoms with Crippen molar-refractivity contribution in [2.24, 2.45) is 7.05 Å². The maximum absolute atomic E-state index is 13.0. The Morgan fingerprint density at radius 1 is 1.36 bits per heavy atom. The van der Waals surface area contributed by atoms with Gasteiger partial charge in [-0.25, -0.2) is 4.98 Å². The highest BCUT2D eigenvalue weighted by molar-refractivity contribution is 5.92. The predicted molar refractivity (Wildman–Crippen MR) is 95.1 cm³/mol. The fourth-order valence-electron chi connectivity index (χ4n) is 3.57. The fourth-order valence-corrected chi connectivity index (χ4v) is 3.57. The Hall–Kier alpha value is -2.28. The molecule has 1 fully saturated rings. The Bertz CT molecular complexity index is 713. The number of likely N-dealkylation sites (tertiary alicyclic amines) is 1. The zero-order valence-corrected chi connectivity index (χ0v) is 15.3. The van der Waals surface area contributed by atoms with E-state index in [1.54, 1.807) is 23.3 Å². The first-order chi connectivity index (χ1) is 12.0. The summed E-state index contributed by atoms with van der Waals surface area (Å²) in [5.74, 6) is -0.0401. The van der Waals surface area contributed by atoms with Gasteiger partial charge in [0.05, 0.1) is 18.4 Å². The zero-order chi connectivity index (χ0) is 18.0. The molecular weight excluding hydrogens is 316 g/mol. The fraction of sp³-hybridized carbons (Fsp3) is 0.556. The van der Waals surface area contributed by atoms with Crippen LogP contribution < -0.4 is 0 Å². The lowest BCUT2D eigenvalue weighted by Crippen LogP contribution is -2.48. The van der Waals surface area contributed by atoms with Gasteiger partial charge in [0, 0.05) is 44.3 Å². The molecule has 2 aromatic rings. The molecule has 0 saturated carbocycles. The molecule has 0 aliphatic carbocycles. The standard InChI is InChI=1S/C18H26N6O/c1-13(2)23(4)16-5-8-24(18(25)15-11-19-6-7-20-15)17(16)9-14-10-21-22(3)12-14/h6-7,10-13,16-17H,5,8-9H2,1-4H3/t16-,17-/m1/s1. The van der Waals surface area contributed by atoms with Crippen LogP contribution in [0.2, 0.25) is 0 Å². The monoisotopic (exact) mass is 342 g/mol. The average molecular weight is 342 g/mol. The number of aromatic nitrogens is 4. The van der Waals surface area contributed by atoms with Gasteiger partial charge < -0.3 is 4.90 Å². The molecule has 0 N–H and O–H groups in total. The lowest BCUT2D eigenvalue weighted by atomic mass is 10.00. The summed E-state index contributed by atoms with van der Waals surface area (Å²) in [5, 5.41) is 4.27. The molecule has 1 amide bonds. The van der Waals surface area contributed by atoms with Crippen LogP contribution >= 0.6 is 0 Å². The van der Waals surface area contributed by atoms with Gasteiger partial charge in [0.2, 0.25) is 0 Å². The number of hydrogen-bond donors (Lipinski definition) is 0. The maximum atomic E-state index is 13.0. The number of aryl methyl sites for hydroxylation is 1. The third-order valence-electron chi connectivity index (χ3n) is 5.09. The van der Waals surface area contributed by atoms with E-state index in [1.165, 1.54) is 0 Å². The quantitative estimate of drug-likeness (QED) is 0.821. The van der Waals surface area contributed by atoms with Crippen molar-refractivity contribution < 1.29 is 4.79 Å². The number of carbonyl (C=O) groups is 1. The van der Waals surface area contributed by atoms with E-state index < -0.39 is 0 Å². The Kier molecular flexibility index (Phi) is 5.13. The molecule has 1 saturated heterocycles. The van der Waals surface area contributed by atoms with Crippen molar-refractivity contribution in [2.75, 3.05) is 13.6 Å². The first kappa shape index (κ1) is 17.5. The minimum Gasteiger partial charge on any atom is -0.332 e. The van der Waals surface area contributed by atoms with E-state index in [2.05, 4.69) is 40.9 Å². The van der Waals surface area contributed by atoms with Crippen LogP contribution in [0.15, 0.2) is 31.0 Å². The topological polar surface area (TPSA) is 67.2 Å². The highest BCUT2D eigenvalue weighted by Crippen LogP contribution is 2.27. The molecule has 7 nitrogen and oxygen atoms in total. The summed E-state index contributed by atoms with van der Waals surface area (Å²) in [6.07, 6.45) is 10.4. The van der Waals surface area contributed by atoms with E-state index in [0.717, 1.165) is 24.9 Å². The molecule has 2 atom stereocenters. The van der Waals surface area contributed by atoms with Crippen LogP contribution in [0.25, 0.3) is 0 Å². The van der Waals surface area contributed by atoms with Gasteiger partial charge in [0.15, 0.2) is 0 Å². The van der Waals surface area contributed by atoms with E-state index in [1.807, 2.05) is 24.3 Å². The van der Waals surface area contributed by atoms with E-state index >= 15 is 0 Å². The largest absolute Gasteiger partial charge is 0.332 e.